The fourth-order valence-corrected chi connectivity index (χ4v) is 2.52. The van der Waals surface area contributed by atoms with Crippen LogP contribution in [0.1, 0.15) is 19.8 Å². The lowest BCUT2D eigenvalue weighted by atomic mass is 10.0. The molecule has 0 bridgehead atoms. The zero-order valence-electron chi connectivity index (χ0n) is 10.3. The van der Waals surface area contributed by atoms with Crippen molar-refractivity contribution in [3.63, 3.8) is 0 Å². The second kappa shape index (κ2) is 6.38. The van der Waals surface area contributed by atoms with Crippen molar-refractivity contribution >= 4 is 0 Å². The molecular formula is C13H24N2O. The van der Waals surface area contributed by atoms with E-state index in [4.69, 9.17) is 4.74 Å². The second-order valence-electron chi connectivity index (χ2n) is 4.88. The molecule has 0 aromatic heterocycles. The summed E-state index contributed by atoms with van der Waals surface area (Å²) in [6, 6.07) is 0.575. The fraction of sp³-hybridized carbons (Fsp3) is 0.846. The highest BCUT2D eigenvalue weighted by atomic mass is 16.5. The van der Waals surface area contributed by atoms with E-state index in [0.717, 1.165) is 26.3 Å². The minimum atomic E-state index is 0.575. The predicted molar refractivity (Wildman–Crippen MR) is 66.6 cm³/mol. The van der Waals surface area contributed by atoms with Gasteiger partial charge in [0.15, 0.2) is 0 Å². The van der Waals surface area contributed by atoms with Crippen LogP contribution in [-0.4, -0.2) is 50.3 Å². The molecule has 2 rings (SSSR count). The first kappa shape index (κ1) is 12.1. The maximum atomic E-state index is 5.60. The van der Waals surface area contributed by atoms with Gasteiger partial charge in [-0.3, -0.25) is 4.90 Å². The molecule has 0 radical (unpaired) electrons. The first-order valence-corrected chi connectivity index (χ1v) is 6.58. The summed E-state index contributed by atoms with van der Waals surface area (Å²) in [7, 11) is 0. The van der Waals surface area contributed by atoms with Crippen LogP contribution in [0, 0.1) is 5.92 Å². The largest absolute Gasteiger partial charge is 0.379 e. The lowest BCUT2D eigenvalue weighted by Crippen LogP contribution is -2.42. The van der Waals surface area contributed by atoms with Gasteiger partial charge < -0.3 is 10.1 Å². The number of rotatable bonds is 5. The zero-order valence-corrected chi connectivity index (χ0v) is 10.3. The minimum absolute atomic E-state index is 0.575. The fourth-order valence-electron chi connectivity index (χ4n) is 2.52. The van der Waals surface area contributed by atoms with Crippen molar-refractivity contribution in [2.24, 2.45) is 5.92 Å². The smallest absolute Gasteiger partial charge is 0.0623 e. The van der Waals surface area contributed by atoms with Gasteiger partial charge in [0.2, 0.25) is 0 Å². The van der Waals surface area contributed by atoms with E-state index in [2.05, 4.69) is 29.3 Å². The van der Waals surface area contributed by atoms with Crippen LogP contribution in [0.15, 0.2) is 12.2 Å². The molecule has 92 valence electrons. The van der Waals surface area contributed by atoms with Crippen LogP contribution < -0.4 is 5.32 Å². The third kappa shape index (κ3) is 3.30. The van der Waals surface area contributed by atoms with E-state index in [0.29, 0.717) is 12.0 Å². The number of ether oxygens (including phenoxy) is 1. The first-order valence-electron chi connectivity index (χ1n) is 6.58. The predicted octanol–water partition coefficient (Wildman–Crippen LogP) is 1.26. The molecule has 2 unspecified atom stereocenters. The minimum Gasteiger partial charge on any atom is -0.379 e. The third-order valence-corrected chi connectivity index (χ3v) is 3.49. The summed E-state index contributed by atoms with van der Waals surface area (Å²) < 4.78 is 5.60. The van der Waals surface area contributed by atoms with E-state index >= 15 is 0 Å². The molecule has 16 heavy (non-hydrogen) atoms. The van der Waals surface area contributed by atoms with E-state index < -0.39 is 0 Å². The molecule has 0 spiro atoms. The normalized spacial score (nSPS) is 31.1. The molecule has 0 amide bonds. The SMILES string of the molecule is CCCNC1COCC1CN1CC=CCC1. The van der Waals surface area contributed by atoms with Gasteiger partial charge in [0, 0.05) is 31.6 Å². The van der Waals surface area contributed by atoms with Crippen LogP contribution in [0.2, 0.25) is 0 Å². The molecule has 0 aromatic rings. The topological polar surface area (TPSA) is 24.5 Å². The molecule has 2 aliphatic heterocycles. The Kier molecular flexibility index (Phi) is 4.82. The van der Waals surface area contributed by atoms with Crippen molar-refractivity contribution in [3.8, 4) is 0 Å². The highest BCUT2D eigenvalue weighted by Gasteiger charge is 2.29. The summed E-state index contributed by atoms with van der Waals surface area (Å²) in [6.45, 7) is 8.68. The van der Waals surface area contributed by atoms with Crippen LogP contribution in [-0.2, 0) is 4.74 Å². The van der Waals surface area contributed by atoms with E-state index in [1.54, 1.807) is 0 Å². The van der Waals surface area contributed by atoms with Gasteiger partial charge in [0.1, 0.15) is 0 Å². The Morgan fingerprint density at radius 3 is 3.06 bits per heavy atom. The third-order valence-electron chi connectivity index (χ3n) is 3.49. The van der Waals surface area contributed by atoms with Gasteiger partial charge in [0.25, 0.3) is 0 Å². The van der Waals surface area contributed by atoms with Gasteiger partial charge in [-0.1, -0.05) is 19.1 Å². The molecule has 2 aliphatic rings. The summed E-state index contributed by atoms with van der Waals surface area (Å²) in [4.78, 5) is 2.54. The van der Waals surface area contributed by atoms with Crippen molar-refractivity contribution in [3.05, 3.63) is 12.2 Å². The van der Waals surface area contributed by atoms with Gasteiger partial charge >= 0.3 is 0 Å². The highest BCUT2D eigenvalue weighted by molar-refractivity contribution is 4.93. The standard InChI is InChI=1S/C13H24N2O/c1-2-6-14-13-11-16-10-12(13)9-15-7-4-3-5-8-15/h3-4,12-14H,2,5-11H2,1H3. The quantitative estimate of drug-likeness (QED) is 0.712. The first-order chi connectivity index (χ1) is 7.90. The van der Waals surface area contributed by atoms with Gasteiger partial charge in [-0.15, -0.1) is 0 Å². The van der Waals surface area contributed by atoms with Crippen molar-refractivity contribution in [1.82, 2.24) is 10.2 Å². The lowest BCUT2D eigenvalue weighted by Gasteiger charge is -2.28. The van der Waals surface area contributed by atoms with E-state index in [1.165, 1.54) is 25.9 Å². The van der Waals surface area contributed by atoms with Crippen molar-refractivity contribution in [2.45, 2.75) is 25.8 Å². The molecule has 2 atom stereocenters. The zero-order chi connectivity index (χ0) is 11.2. The van der Waals surface area contributed by atoms with Gasteiger partial charge in [0.05, 0.1) is 13.2 Å². The van der Waals surface area contributed by atoms with Crippen molar-refractivity contribution in [1.29, 1.82) is 0 Å². The Balaban J connectivity index is 1.76. The average Bonchev–Trinajstić information content (AvgIpc) is 2.75. The van der Waals surface area contributed by atoms with Crippen LogP contribution in [0.5, 0.6) is 0 Å². The molecular weight excluding hydrogens is 200 g/mol. The van der Waals surface area contributed by atoms with Crippen LogP contribution in [0.4, 0.5) is 0 Å². The monoisotopic (exact) mass is 224 g/mol. The second-order valence-corrected chi connectivity index (χ2v) is 4.88. The van der Waals surface area contributed by atoms with Gasteiger partial charge in [-0.05, 0) is 19.4 Å². The molecule has 3 nitrogen and oxygen atoms in total. The van der Waals surface area contributed by atoms with Gasteiger partial charge in [-0.2, -0.15) is 0 Å². The van der Waals surface area contributed by atoms with Crippen LogP contribution >= 0.6 is 0 Å². The molecule has 1 saturated heterocycles. The Labute approximate surface area is 98.8 Å². The highest BCUT2D eigenvalue weighted by Crippen LogP contribution is 2.16. The molecule has 1 N–H and O–H groups in total. The van der Waals surface area contributed by atoms with E-state index in [-0.39, 0.29) is 0 Å². The van der Waals surface area contributed by atoms with E-state index in [9.17, 15) is 0 Å². The Hall–Kier alpha value is -0.380. The summed E-state index contributed by atoms with van der Waals surface area (Å²) in [5.41, 5.74) is 0. The maximum Gasteiger partial charge on any atom is 0.0623 e. The van der Waals surface area contributed by atoms with Crippen molar-refractivity contribution < 1.29 is 4.74 Å². The molecule has 1 fully saturated rings. The van der Waals surface area contributed by atoms with E-state index in [1.807, 2.05) is 0 Å². The van der Waals surface area contributed by atoms with Crippen LogP contribution in [0.3, 0.4) is 0 Å². The summed E-state index contributed by atoms with van der Waals surface area (Å²) in [6.07, 6.45) is 6.98. The number of nitrogens with zero attached hydrogens (tertiary/aromatic N) is 1. The van der Waals surface area contributed by atoms with Crippen molar-refractivity contribution in [2.75, 3.05) is 39.4 Å². The van der Waals surface area contributed by atoms with Gasteiger partial charge in [-0.25, -0.2) is 0 Å². The lowest BCUT2D eigenvalue weighted by molar-refractivity contribution is 0.170. The summed E-state index contributed by atoms with van der Waals surface area (Å²) >= 11 is 0. The number of hydrogen-bond acceptors (Lipinski definition) is 3. The molecule has 0 saturated carbocycles. The Morgan fingerprint density at radius 1 is 1.38 bits per heavy atom. The Bertz CT molecular complexity index is 230. The molecule has 0 aromatic carbocycles. The summed E-state index contributed by atoms with van der Waals surface area (Å²) in [5, 5.41) is 3.60. The molecule has 0 aliphatic carbocycles. The number of nitrogens with one attached hydrogen (secondary N) is 1. The summed E-state index contributed by atoms with van der Waals surface area (Å²) in [5.74, 6) is 0.679. The molecule has 2 heterocycles. The van der Waals surface area contributed by atoms with Crippen LogP contribution in [0.25, 0.3) is 0 Å². The average molecular weight is 224 g/mol. The molecule has 3 heteroatoms. The number of hydrogen-bond donors (Lipinski definition) is 1. The maximum absolute atomic E-state index is 5.60. The Morgan fingerprint density at radius 2 is 2.31 bits per heavy atom.